The molecule has 0 fully saturated rings. The van der Waals surface area contributed by atoms with Crippen molar-refractivity contribution in [3.63, 3.8) is 0 Å². The van der Waals surface area contributed by atoms with Gasteiger partial charge in [0.05, 0.1) is 22.4 Å². The van der Waals surface area contributed by atoms with Gasteiger partial charge in [0.1, 0.15) is 11.2 Å². The van der Waals surface area contributed by atoms with E-state index < -0.39 is 5.97 Å². The molecule has 0 aliphatic heterocycles. The van der Waals surface area contributed by atoms with Gasteiger partial charge < -0.3 is 14.3 Å². The summed E-state index contributed by atoms with van der Waals surface area (Å²) < 4.78 is 12.1. The van der Waals surface area contributed by atoms with E-state index in [-0.39, 0.29) is 28.4 Å². The van der Waals surface area contributed by atoms with Crippen LogP contribution in [-0.2, 0) is 11.2 Å². The summed E-state index contributed by atoms with van der Waals surface area (Å²) in [5.74, 6) is -0.448. The third kappa shape index (κ3) is 4.20. The molecule has 1 aromatic heterocycles. The normalized spacial score (nSPS) is 12.9. The van der Waals surface area contributed by atoms with Crippen LogP contribution in [0.2, 0.25) is 0 Å². The standard InChI is InChI=1S/C24H28O5/c1-6-28-22(14(4)5)17-10-16(9-13(2)3)23-19(12-17)21(25)18-11-15(24(26)27)7-8-20(18)29-23/h7-8,10-14,22H,6,9H2,1-5H3,(H,26,27). The second-order valence-corrected chi connectivity index (χ2v) is 8.22. The molecule has 3 rings (SSSR count). The minimum atomic E-state index is -1.07. The SMILES string of the molecule is CCOC(c1cc(CC(C)C)c2oc3ccc(C(=O)O)cc3c(=O)c2c1)C(C)C. The summed E-state index contributed by atoms with van der Waals surface area (Å²) in [5, 5.41) is 10.0. The molecule has 0 radical (unpaired) electrons. The van der Waals surface area contributed by atoms with Gasteiger partial charge >= 0.3 is 5.97 Å². The van der Waals surface area contributed by atoms with Crippen molar-refractivity contribution in [2.75, 3.05) is 6.61 Å². The number of benzene rings is 2. The molecular formula is C24H28O5. The highest BCUT2D eigenvalue weighted by atomic mass is 16.5. The average Bonchev–Trinajstić information content (AvgIpc) is 2.65. The molecule has 0 saturated heterocycles. The maximum absolute atomic E-state index is 13.3. The number of aromatic carboxylic acids is 1. The smallest absolute Gasteiger partial charge is 0.335 e. The van der Waals surface area contributed by atoms with E-state index in [1.54, 1.807) is 6.07 Å². The molecule has 0 spiro atoms. The van der Waals surface area contributed by atoms with Gasteiger partial charge in [-0.15, -0.1) is 0 Å². The molecule has 154 valence electrons. The summed E-state index contributed by atoms with van der Waals surface area (Å²) in [4.78, 5) is 24.6. The van der Waals surface area contributed by atoms with Crippen molar-refractivity contribution in [1.29, 1.82) is 0 Å². The molecule has 0 amide bonds. The quantitative estimate of drug-likeness (QED) is 0.528. The van der Waals surface area contributed by atoms with Gasteiger partial charge in [0.25, 0.3) is 0 Å². The zero-order chi connectivity index (χ0) is 21.3. The molecule has 1 atom stereocenters. The van der Waals surface area contributed by atoms with Gasteiger partial charge in [-0.05, 0) is 66.6 Å². The Bertz CT molecular complexity index is 1110. The summed E-state index contributed by atoms with van der Waals surface area (Å²) >= 11 is 0. The molecule has 0 bridgehead atoms. The van der Waals surface area contributed by atoms with Crippen LogP contribution in [0.5, 0.6) is 0 Å². The van der Waals surface area contributed by atoms with Gasteiger partial charge in [-0.2, -0.15) is 0 Å². The van der Waals surface area contributed by atoms with Crippen molar-refractivity contribution in [2.45, 2.75) is 47.1 Å². The van der Waals surface area contributed by atoms with Crippen LogP contribution in [0, 0.1) is 11.8 Å². The minimum absolute atomic E-state index is 0.0667. The summed E-state index contributed by atoms with van der Waals surface area (Å²) in [6.45, 7) is 11.0. The molecular weight excluding hydrogens is 368 g/mol. The first-order valence-corrected chi connectivity index (χ1v) is 10.1. The van der Waals surface area contributed by atoms with Crippen LogP contribution in [0.15, 0.2) is 39.5 Å². The molecule has 3 aromatic rings. The van der Waals surface area contributed by atoms with Crippen LogP contribution in [0.4, 0.5) is 0 Å². The molecule has 0 saturated carbocycles. The predicted molar refractivity (Wildman–Crippen MR) is 115 cm³/mol. The largest absolute Gasteiger partial charge is 0.478 e. The van der Waals surface area contributed by atoms with E-state index in [9.17, 15) is 14.7 Å². The van der Waals surface area contributed by atoms with E-state index in [2.05, 4.69) is 33.8 Å². The van der Waals surface area contributed by atoms with Crippen LogP contribution >= 0.6 is 0 Å². The van der Waals surface area contributed by atoms with E-state index in [1.165, 1.54) is 12.1 Å². The first kappa shape index (κ1) is 21.1. The summed E-state index contributed by atoms with van der Waals surface area (Å²) in [6, 6.07) is 8.34. The number of carboxylic acid groups (broad SMARTS) is 1. The lowest BCUT2D eigenvalue weighted by atomic mass is 9.92. The second-order valence-electron chi connectivity index (χ2n) is 8.22. The van der Waals surface area contributed by atoms with E-state index in [0.29, 0.717) is 29.1 Å². The molecule has 5 heteroatoms. The van der Waals surface area contributed by atoms with Gasteiger partial charge in [0.15, 0.2) is 0 Å². The molecule has 5 nitrogen and oxygen atoms in total. The lowest BCUT2D eigenvalue weighted by molar-refractivity contribution is 0.0295. The Morgan fingerprint density at radius 3 is 2.41 bits per heavy atom. The van der Waals surface area contributed by atoms with Crippen LogP contribution in [0.25, 0.3) is 21.9 Å². The van der Waals surface area contributed by atoms with Crippen LogP contribution in [-0.4, -0.2) is 17.7 Å². The molecule has 0 aliphatic rings. The number of ether oxygens (including phenoxy) is 1. The molecule has 0 aliphatic carbocycles. The number of carbonyl (C=O) groups is 1. The minimum Gasteiger partial charge on any atom is -0.478 e. The number of hydrogen-bond donors (Lipinski definition) is 1. The monoisotopic (exact) mass is 396 g/mol. The second kappa shape index (κ2) is 8.37. The Balaban J connectivity index is 2.36. The number of rotatable bonds is 7. The summed E-state index contributed by atoms with van der Waals surface area (Å²) in [6.07, 6.45) is 0.638. The third-order valence-corrected chi connectivity index (χ3v) is 5.02. The molecule has 29 heavy (non-hydrogen) atoms. The van der Waals surface area contributed by atoms with E-state index in [4.69, 9.17) is 9.15 Å². The summed E-state index contributed by atoms with van der Waals surface area (Å²) in [7, 11) is 0. The first-order chi connectivity index (χ1) is 13.7. The lowest BCUT2D eigenvalue weighted by Gasteiger charge is -2.23. The van der Waals surface area contributed by atoms with Gasteiger partial charge in [-0.3, -0.25) is 4.79 Å². The van der Waals surface area contributed by atoms with Gasteiger partial charge in [-0.25, -0.2) is 4.79 Å². The number of hydrogen-bond acceptors (Lipinski definition) is 4. The number of carboxylic acids is 1. The molecule has 1 unspecified atom stereocenters. The van der Waals surface area contributed by atoms with Crippen molar-refractivity contribution in [3.05, 3.63) is 57.2 Å². The van der Waals surface area contributed by atoms with E-state index >= 15 is 0 Å². The topological polar surface area (TPSA) is 76.7 Å². The number of fused-ring (bicyclic) bond motifs is 2. The van der Waals surface area contributed by atoms with Crippen molar-refractivity contribution >= 4 is 27.9 Å². The van der Waals surface area contributed by atoms with E-state index in [0.717, 1.165) is 17.5 Å². The Hall–Kier alpha value is -2.66. The fourth-order valence-corrected chi connectivity index (χ4v) is 3.80. The highest BCUT2D eigenvalue weighted by molar-refractivity contribution is 5.96. The maximum atomic E-state index is 13.3. The van der Waals surface area contributed by atoms with Gasteiger partial charge in [0, 0.05) is 6.61 Å². The Morgan fingerprint density at radius 1 is 1.10 bits per heavy atom. The molecule has 1 N–H and O–H groups in total. The van der Waals surface area contributed by atoms with Crippen molar-refractivity contribution in [3.8, 4) is 0 Å². The van der Waals surface area contributed by atoms with E-state index in [1.807, 2.05) is 13.0 Å². The average molecular weight is 396 g/mol. The van der Waals surface area contributed by atoms with Gasteiger partial charge in [-0.1, -0.05) is 27.7 Å². The van der Waals surface area contributed by atoms with Crippen molar-refractivity contribution in [2.24, 2.45) is 11.8 Å². The summed E-state index contributed by atoms with van der Waals surface area (Å²) in [5.41, 5.74) is 2.75. The predicted octanol–water partition coefficient (Wildman–Crippen LogP) is 5.58. The van der Waals surface area contributed by atoms with Crippen molar-refractivity contribution in [1.82, 2.24) is 0 Å². The Labute approximate surface area is 170 Å². The first-order valence-electron chi connectivity index (χ1n) is 10.1. The fourth-order valence-electron chi connectivity index (χ4n) is 3.80. The molecule has 2 aromatic carbocycles. The lowest BCUT2D eigenvalue weighted by Crippen LogP contribution is -2.14. The maximum Gasteiger partial charge on any atom is 0.335 e. The van der Waals surface area contributed by atoms with Crippen LogP contribution < -0.4 is 5.43 Å². The van der Waals surface area contributed by atoms with Gasteiger partial charge in [0.2, 0.25) is 5.43 Å². The molecule has 1 heterocycles. The fraction of sp³-hybridized carbons (Fsp3) is 0.417. The van der Waals surface area contributed by atoms with Crippen LogP contribution in [0.3, 0.4) is 0 Å². The third-order valence-electron chi connectivity index (χ3n) is 5.02. The Morgan fingerprint density at radius 2 is 1.83 bits per heavy atom. The zero-order valence-electron chi connectivity index (χ0n) is 17.6. The highest BCUT2D eigenvalue weighted by Crippen LogP contribution is 2.32. The van der Waals surface area contributed by atoms with Crippen LogP contribution in [0.1, 0.15) is 62.2 Å². The zero-order valence-corrected chi connectivity index (χ0v) is 17.6. The Kier molecular flexibility index (Phi) is 6.08. The van der Waals surface area contributed by atoms with Crippen molar-refractivity contribution < 1.29 is 19.1 Å². The highest BCUT2D eigenvalue weighted by Gasteiger charge is 2.21.